The first-order valence-corrected chi connectivity index (χ1v) is 9.08. The molecule has 1 aromatic carbocycles. The predicted octanol–water partition coefficient (Wildman–Crippen LogP) is 2.97. The molecule has 2 aromatic heterocycles. The summed E-state index contributed by atoms with van der Waals surface area (Å²) < 4.78 is 32.5. The maximum atomic E-state index is 13.0. The molecule has 0 spiro atoms. The second-order valence-electron chi connectivity index (χ2n) is 5.42. The van der Waals surface area contributed by atoms with Gasteiger partial charge in [-0.2, -0.15) is 4.31 Å². The molecule has 0 aliphatic rings. The van der Waals surface area contributed by atoms with E-state index in [-0.39, 0.29) is 23.7 Å². The van der Waals surface area contributed by atoms with Crippen molar-refractivity contribution in [1.82, 2.24) is 9.29 Å². The van der Waals surface area contributed by atoms with Crippen molar-refractivity contribution in [1.29, 1.82) is 0 Å². The van der Waals surface area contributed by atoms with E-state index in [1.807, 2.05) is 0 Å². The molecule has 0 unspecified atom stereocenters. The number of aromatic nitrogens is 1. The lowest BCUT2D eigenvalue weighted by molar-refractivity contribution is -0.384. The van der Waals surface area contributed by atoms with E-state index >= 15 is 0 Å². The molecule has 26 heavy (non-hydrogen) atoms. The third kappa shape index (κ3) is 3.95. The second-order valence-corrected chi connectivity index (χ2v) is 7.36. The molecule has 0 bridgehead atoms. The normalized spacial score (nSPS) is 11.6. The summed E-state index contributed by atoms with van der Waals surface area (Å²) >= 11 is 0. The molecule has 0 aliphatic carbocycles. The summed E-state index contributed by atoms with van der Waals surface area (Å²) in [5.41, 5.74) is 0.399. The number of hydrogen-bond acceptors (Lipinski definition) is 6. The number of sulfonamides is 1. The van der Waals surface area contributed by atoms with Crippen LogP contribution in [0.15, 0.2) is 76.4 Å². The third-order valence-electron chi connectivity index (χ3n) is 3.66. The van der Waals surface area contributed by atoms with Crippen LogP contribution < -0.4 is 0 Å². The number of pyridine rings is 1. The van der Waals surface area contributed by atoms with Crippen molar-refractivity contribution in [2.75, 3.05) is 0 Å². The molecule has 3 rings (SSSR count). The zero-order chi connectivity index (χ0) is 18.6. The molecule has 0 N–H and O–H groups in total. The van der Waals surface area contributed by atoms with Crippen LogP contribution in [0.2, 0.25) is 0 Å². The standard InChI is InChI=1S/C17H15N3O5S/c21-20(22)15-6-8-17(9-7-15)26(23,24)19(13-16-5-3-11-25-16)12-14-4-1-2-10-18-14/h1-11H,12-13H2. The van der Waals surface area contributed by atoms with Gasteiger partial charge >= 0.3 is 0 Å². The Hall–Kier alpha value is -3.04. The van der Waals surface area contributed by atoms with Crippen LogP contribution in [0.1, 0.15) is 11.5 Å². The molecular formula is C17H15N3O5S. The van der Waals surface area contributed by atoms with Gasteiger partial charge in [-0.1, -0.05) is 6.07 Å². The predicted molar refractivity (Wildman–Crippen MR) is 92.5 cm³/mol. The maximum Gasteiger partial charge on any atom is 0.269 e. The van der Waals surface area contributed by atoms with Crippen molar-refractivity contribution in [2.24, 2.45) is 0 Å². The van der Waals surface area contributed by atoms with Crippen LogP contribution in [-0.4, -0.2) is 22.6 Å². The first-order valence-electron chi connectivity index (χ1n) is 7.64. The Bertz CT molecular complexity index is 971. The summed E-state index contributed by atoms with van der Waals surface area (Å²) in [6, 6.07) is 13.4. The molecule has 0 fully saturated rings. The van der Waals surface area contributed by atoms with E-state index in [4.69, 9.17) is 4.42 Å². The number of non-ortho nitro benzene ring substituents is 1. The average Bonchev–Trinajstić information content (AvgIpc) is 3.15. The summed E-state index contributed by atoms with van der Waals surface area (Å²) in [5.74, 6) is 0.478. The summed E-state index contributed by atoms with van der Waals surface area (Å²) in [7, 11) is -3.91. The SMILES string of the molecule is O=[N+]([O-])c1ccc(S(=O)(=O)N(Cc2ccccn2)Cc2ccco2)cc1. The minimum absolute atomic E-state index is 0.0168. The van der Waals surface area contributed by atoms with E-state index in [0.717, 1.165) is 0 Å². The number of rotatable bonds is 7. The van der Waals surface area contributed by atoms with Gasteiger partial charge in [-0.25, -0.2) is 8.42 Å². The van der Waals surface area contributed by atoms with Gasteiger partial charge in [0, 0.05) is 18.3 Å². The molecule has 0 saturated carbocycles. The number of hydrogen-bond donors (Lipinski definition) is 0. The van der Waals surface area contributed by atoms with Crippen molar-refractivity contribution in [3.05, 3.63) is 88.6 Å². The zero-order valence-electron chi connectivity index (χ0n) is 13.6. The molecule has 0 atom stereocenters. The highest BCUT2D eigenvalue weighted by atomic mass is 32.2. The van der Waals surface area contributed by atoms with Crippen LogP contribution in [0.4, 0.5) is 5.69 Å². The Balaban J connectivity index is 1.94. The lowest BCUT2D eigenvalue weighted by Gasteiger charge is -2.21. The van der Waals surface area contributed by atoms with Gasteiger partial charge in [0.25, 0.3) is 5.69 Å². The molecule has 134 valence electrons. The number of benzene rings is 1. The van der Waals surface area contributed by atoms with Crippen molar-refractivity contribution in [3.63, 3.8) is 0 Å². The fourth-order valence-electron chi connectivity index (χ4n) is 2.36. The Morgan fingerprint density at radius 2 is 1.81 bits per heavy atom. The van der Waals surface area contributed by atoms with Crippen molar-refractivity contribution in [3.8, 4) is 0 Å². The Morgan fingerprint density at radius 1 is 1.04 bits per heavy atom. The van der Waals surface area contributed by atoms with Crippen molar-refractivity contribution >= 4 is 15.7 Å². The maximum absolute atomic E-state index is 13.0. The smallest absolute Gasteiger partial charge is 0.269 e. The molecule has 0 saturated heterocycles. The highest BCUT2D eigenvalue weighted by Gasteiger charge is 2.26. The Labute approximate surface area is 149 Å². The van der Waals surface area contributed by atoms with E-state index in [9.17, 15) is 18.5 Å². The van der Waals surface area contributed by atoms with Gasteiger partial charge in [0.1, 0.15) is 5.76 Å². The number of nitrogens with zero attached hydrogens (tertiary/aromatic N) is 3. The molecule has 0 amide bonds. The van der Waals surface area contributed by atoms with Gasteiger partial charge in [-0.15, -0.1) is 0 Å². The second kappa shape index (κ2) is 7.46. The quantitative estimate of drug-likeness (QED) is 0.465. The molecule has 9 heteroatoms. The van der Waals surface area contributed by atoms with Crippen molar-refractivity contribution in [2.45, 2.75) is 18.0 Å². The van der Waals surface area contributed by atoms with Crippen molar-refractivity contribution < 1.29 is 17.8 Å². The van der Waals surface area contributed by atoms with Gasteiger partial charge in [-0.05, 0) is 36.4 Å². The van der Waals surface area contributed by atoms with E-state index in [1.165, 1.54) is 34.8 Å². The van der Waals surface area contributed by atoms with Crippen LogP contribution in [0, 0.1) is 10.1 Å². The van der Waals surface area contributed by atoms with Crippen LogP contribution >= 0.6 is 0 Å². The largest absolute Gasteiger partial charge is 0.468 e. The van der Waals surface area contributed by atoms with E-state index < -0.39 is 14.9 Å². The summed E-state index contributed by atoms with van der Waals surface area (Å²) in [4.78, 5) is 14.3. The molecule has 3 aromatic rings. The summed E-state index contributed by atoms with van der Waals surface area (Å²) in [5, 5.41) is 10.8. The topological polar surface area (TPSA) is 107 Å². The zero-order valence-corrected chi connectivity index (χ0v) is 14.4. The summed E-state index contributed by atoms with van der Waals surface area (Å²) in [6.45, 7) is 0.0593. The lowest BCUT2D eigenvalue weighted by atomic mass is 10.3. The monoisotopic (exact) mass is 373 g/mol. The molecule has 2 heterocycles. The number of nitro benzene ring substituents is 1. The van der Waals surface area contributed by atoms with E-state index in [0.29, 0.717) is 11.5 Å². The Morgan fingerprint density at radius 3 is 2.38 bits per heavy atom. The van der Waals surface area contributed by atoms with E-state index in [1.54, 1.807) is 36.5 Å². The molecule has 0 radical (unpaired) electrons. The minimum atomic E-state index is -3.91. The van der Waals surface area contributed by atoms with Gasteiger partial charge in [0.2, 0.25) is 10.0 Å². The van der Waals surface area contributed by atoms with E-state index in [2.05, 4.69) is 4.98 Å². The molecule has 0 aliphatic heterocycles. The van der Waals surface area contributed by atoms with Crippen LogP contribution in [0.3, 0.4) is 0 Å². The number of nitro groups is 1. The molecule has 8 nitrogen and oxygen atoms in total. The minimum Gasteiger partial charge on any atom is -0.468 e. The summed E-state index contributed by atoms with van der Waals surface area (Å²) in [6.07, 6.45) is 3.05. The molecular weight excluding hydrogens is 358 g/mol. The van der Waals surface area contributed by atoms with Gasteiger partial charge in [0.15, 0.2) is 0 Å². The highest BCUT2D eigenvalue weighted by molar-refractivity contribution is 7.89. The average molecular weight is 373 g/mol. The fraction of sp³-hybridized carbons (Fsp3) is 0.118. The van der Waals surface area contributed by atoms with Gasteiger partial charge in [-0.3, -0.25) is 15.1 Å². The number of furan rings is 1. The van der Waals surface area contributed by atoms with Gasteiger partial charge in [0.05, 0.1) is 34.9 Å². The Kier molecular flexibility index (Phi) is 5.10. The lowest BCUT2D eigenvalue weighted by Crippen LogP contribution is -2.30. The fourth-order valence-corrected chi connectivity index (χ4v) is 3.74. The van der Waals surface area contributed by atoms with Crippen LogP contribution in [0.25, 0.3) is 0 Å². The van der Waals surface area contributed by atoms with Crippen LogP contribution in [-0.2, 0) is 23.1 Å². The third-order valence-corrected chi connectivity index (χ3v) is 5.47. The van der Waals surface area contributed by atoms with Crippen LogP contribution in [0.5, 0.6) is 0 Å². The first-order chi connectivity index (χ1) is 12.5. The highest BCUT2D eigenvalue weighted by Crippen LogP contribution is 2.23. The van der Waals surface area contributed by atoms with Gasteiger partial charge < -0.3 is 4.42 Å². The first kappa shape index (κ1) is 17.8.